The average molecular weight is 300 g/mol. The molecule has 4 nitrogen and oxygen atoms in total. The summed E-state index contributed by atoms with van der Waals surface area (Å²) in [6.45, 7) is 6.10. The molecule has 2 heterocycles. The lowest BCUT2D eigenvalue weighted by Gasteiger charge is -2.19. The molecule has 0 bridgehead atoms. The van der Waals surface area contributed by atoms with E-state index in [2.05, 4.69) is 17.3 Å². The van der Waals surface area contributed by atoms with Crippen molar-refractivity contribution >= 4 is 11.6 Å². The van der Waals surface area contributed by atoms with Crippen LogP contribution in [0.15, 0.2) is 0 Å². The first-order chi connectivity index (χ1) is 9.61. The molecule has 1 N–H and O–H groups in total. The van der Waals surface area contributed by atoms with Crippen LogP contribution in [0.1, 0.15) is 43.9 Å². The second-order valence-corrected chi connectivity index (χ2v) is 6.01. The van der Waals surface area contributed by atoms with Gasteiger partial charge in [0.25, 0.3) is 0 Å². The van der Waals surface area contributed by atoms with Gasteiger partial charge in [0, 0.05) is 25.3 Å². The van der Waals surface area contributed by atoms with Crippen molar-refractivity contribution in [2.45, 2.75) is 58.1 Å². The first kappa shape index (κ1) is 15.8. The van der Waals surface area contributed by atoms with E-state index in [1.165, 1.54) is 18.4 Å². The van der Waals surface area contributed by atoms with Gasteiger partial charge in [-0.15, -0.1) is 0 Å². The zero-order valence-corrected chi connectivity index (χ0v) is 13.5. The van der Waals surface area contributed by atoms with E-state index >= 15 is 0 Å². The maximum atomic E-state index is 6.33. The maximum absolute atomic E-state index is 6.33. The lowest BCUT2D eigenvalue weighted by atomic mass is 9.99. The van der Waals surface area contributed by atoms with Gasteiger partial charge in [-0.3, -0.25) is 4.68 Å². The standard InChI is InChI=1S/C15H26ClN3O/c1-4-17-12(7-8-13-6-5-9-20-13)10-14-11(2)18-19(3)15(14)16/h12-13,17H,4-10H2,1-3H3. The largest absolute Gasteiger partial charge is 0.378 e. The first-order valence-electron chi connectivity index (χ1n) is 7.64. The minimum absolute atomic E-state index is 0.449. The molecule has 0 saturated carbocycles. The van der Waals surface area contributed by atoms with Gasteiger partial charge in [0.1, 0.15) is 5.15 Å². The van der Waals surface area contributed by atoms with Crippen LogP contribution in [0.25, 0.3) is 0 Å². The fourth-order valence-corrected chi connectivity index (χ4v) is 3.23. The molecule has 1 aromatic heterocycles. The van der Waals surface area contributed by atoms with Gasteiger partial charge in [-0.1, -0.05) is 18.5 Å². The van der Waals surface area contributed by atoms with Gasteiger partial charge < -0.3 is 10.1 Å². The van der Waals surface area contributed by atoms with Gasteiger partial charge >= 0.3 is 0 Å². The van der Waals surface area contributed by atoms with Crippen molar-refractivity contribution in [3.05, 3.63) is 16.4 Å². The fraction of sp³-hybridized carbons (Fsp3) is 0.800. The predicted octanol–water partition coefficient (Wildman–Crippen LogP) is 2.86. The molecule has 1 saturated heterocycles. The third-order valence-corrected chi connectivity index (χ3v) is 4.55. The molecule has 2 unspecified atom stereocenters. The summed E-state index contributed by atoms with van der Waals surface area (Å²) in [7, 11) is 1.90. The van der Waals surface area contributed by atoms with Crippen LogP contribution in [0, 0.1) is 6.92 Å². The summed E-state index contributed by atoms with van der Waals surface area (Å²) in [5, 5.41) is 8.73. The molecular formula is C15H26ClN3O. The first-order valence-corrected chi connectivity index (χ1v) is 8.02. The van der Waals surface area contributed by atoms with Gasteiger partial charge in [0.05, 0.1) is 11.8 Å². The van der Waals surface area contributed by atoms with Crippen LogP contribution >= 0.6 is 11.6 Å². The van der Waals surface area contributed by atoms with E-state index < -0.39 is 0 Å². The van der Waals surface area contributed by atoms with Crippen molar-refractivity contribution in [1.29, 1.82) is 0 Å². The molecule has 1 aliphatic rings. The summed E-state index contributed by atoms with van der Waals surface area (Å²) in [5.74, 6) is 0. The molecule has 0 amide bonds. The van der Waals surface area contributed by atoms with Crippen LogP contribution in [0.3, 0.4) is 0 Å². The number of likely N-dealkylation sites (N-methyl/N-ethyl adjacent to an activating group) is 1. The summed E-state index contributed by atoms with van der Waals surface area (Å²) in [5.41, 5.74) is 2.21. The molecule has 5 heteroatoms. The Balaban J connectivity index is 1.93. The molecule has 0 aromatic carbocycles. The van der Waals surface area contributed by atoms with Crippen molar-refractivity contribution in [3.8, 4) is 0 Å². The summed E-state index contributed by atoms with van der Waals surface area (Å²) >= 11 is 6.33. The van der Waals surface area contributed by atoms with Crippen LogP contribution in [0.2, 0.25) is 5.15 Å². The molecular weight excluding hydrogens is 274 g/mol. The van der Waals surface area contributed by atoms with Crippen molar-refractivity contribution in [2.75, 3.05) is 13.2 Å². The Hall–Kier alpha value is -0.580. The second kappa shape index (κ2) is 7.43. The number of hydrogen-bond acceptors (Lipinski definition) is 3. The Bertz CT molecular complexity index is 427. The summed E-state index contributed by atoms with van der Waals surface area (Å²) in [6.07, 6.45) is 6.09. The highest BCUT2D eigenvalue weighted by Crippen LogP contribution is 2.23. The SMILES string of the molecule is CCNC(CCC1CCCO1)Cc1c(C)nn(C)c1Cl. The average Bonchev–Trinajstić information content (AvgIpc) is 3.00. The molecule has 0 spiro atoms. The zero-order valence-electron chi connectivity index (χ0n) is 12.8. The van der Waals surface area contributed by atoms with Crippen LogP contribution < -0.4 is 5.32 Å². The number of rotatable bonds is 7. The van der Waals surface area contributed by atoms with Gasteiger partial charge in [-0.05, 0) is 45.6 Å². The molecule has 20 heavy (non-hydrogen) atoms. The molecule has 2 atom stereocenters. The molecule has 1 fully saturated rings. The lowest BCUT2D eigenvalue weighted by Crippen LogP contribution is -2.32. The topological polar surface area (TPSA) is 39.1 Å². The Morgan fingerprint density at radius 2 is 2.35 bits per heavy atom. The third kappa shape index (κ3) is 3.96. The quantitative estimate of drug-likeness (QED) is 0.841. The number of nitrogens with one attached hydrogen (secondary N) is 1. The Labute approximate surface area is 126 Å². The van der Waals surface area contributed by atoms with Crippen LogP contribution in [-0.4, -0.2) is 35.1 Å². The predicted molar refractivity (Wildman–Crippen MR) is 82.3 cm³/mol. The van der Waals surface area contributed by atoms with Gasteiger partial charge in [0.15, 0.2) is 0 Å². The van der Waals surface area contributed by atoms with E-state index in [9.17, 15) is 0 Å². The Morgan fingerprint density at radius 3 is 2.90 bits per heavy atom. The van der Waals surface area contributed by atoms with Crippen LogP contribution in [0.5, 0.6) is 0 Å². The lowest BCUT2D eigenvalue weighted by molar-refractivity contribution is 0.0996. The van der Waals surface area contributed by atoms with Gasteiger partial charge in [0.2, 0.25) is 0 Å². The zero-order chi connectivity index (χ0) is 14.5. The number of halogens is 1. The molecule has 1 aromatic rings. The smallest absolute Gasteiger partial charge is 0.130 e. The number of aryl methyl sites for hydroxylation is 2. The Kier molecular flexibility index (Phi) is 5.87. The highest BCUT2D eigenvalue weighted by molar-refractivity contribution is 6.30. The van der Waals surface area contributed by atoms with E-state index in [0.717, 1.165) is 43.3 Å². The van der Waals surface area contributed by atoms with Gasteiger partial charge in [-0.2, -0.15) is 5.10 Å². The molecule has 114 valence electrons. The second-order valence-electron chi connectivity index (χ2n) is 5.65. The minimum atomic E-state index is 0.449. The minimum Gasteiger partial charge on any atom is -0.378 e. The highest BCUT2D eigenvalue weighted by Gasteiger charge is 2.20. The van der Waals surface area contributed by atoms with E-state index in [1.807, 2.05) is 14.0 Å². The summed E-state index contributed by atoms with van der Waals surface area (Å²) in [4.78, 5) is 0. The Morgan fingerprint density at radius 1 is 1.55 bits per heavy atom. The van der Waals surface area contributed by atoms with Gasteiger partial charge in [-0.25, -0.2) is 0 Å². The number of ether oxygens (including phenoxy) is 1. The van der Waals surface area contributed by atoms with Crippen LogP contribution in [-0.2, 0) is 18.2 Å². The summed E-state index contributed by atoms with van der Waals surface area (Å²) in [6, 6.07) is 0.449. The molecule has 1 aliphatic heterocycles. The van der Waals surface area contributed by atoms with E-state index in [-0.39, 0.29) is 0 Å². The molecule has 0 aliphatic carbocycles. The normalized spacial score (nSPS) is 20.5. The van der Waals surface area contributed by atoms with E-state index in [4.69, 9.17) is 16.3 Å². The van der Waals surface area contributed by atoms with Crippen molar-refractivity contribution in [3.63, 3.8) is 0 Å². The van der Waals surface area contributed by atoms with E-state index in [1.54, 1.807) is 4.68 Å². The number of aromatic nitrogens is 2. The van der Waals surface area contributed by atoms with E-state index in [0.29, 0.717) is 12.1 Å². The third-order valence-electron chi connectivity index (χ3n) is 4.07. The number of nitrogens with zero attached hydrogens (tertiary/aromatic N) is 2. The van der Waals surface area contributed by atoms with Crippen molar-refractivity contribution in [1.82, 2.24) is 15.1 Å². The fourth-order valence-electron chi connectivity index (χ4n) is 2.98. The van der Waals surface area contributed by atoms with Crippen molar-refractivity contribution in [2.24, 2.45) is 7.05 Å². The highest BCUT2D eigenvalue weighted by atomic mass is 35.5. The molecule has 2 rings (SSSR count). The summed E-state index contributed by atoms with van der Waals surface area (Å²) < 4.78 is 7.47. The number of hydrogen-bond donors (Lipinski definition) is 1. The maximum Gasteiger partial charge on any atom is 0.130 e. The van der Waals surface area contributed by atoms with Crippen LogP contribution in [0.4, 0.5) is 0 Å². The van der Waals surface area contributed by atoms with Crippen molar-refractivity contribution < 1.29 is 4.74 Å². The monoisotopic (exact) mass is 299 g/mol. The molecule has 0 radical (unpaired) electrons.